The van der Waals surface area contributed by atoms with E-state index in [2.05, 4.69) is 27.6 Å². The Balaban J connectivity index is 1.96. The van der Waals surface area contributed by atoms with E-state index in [1.165, 1.54) is 30.5 Å². The van der Waals surface area contributed by atoms with E-state index in [-0.39, 0.29) is 17.1 Å². The largest absolute Gasteiger partial charge is 0.506 e. The molecule has 4 rings (SSSR count). The van der Waals surface area contributed by atoms with Gasteiger partial charge in [0.2, 0.25) is 0 Å². The van der Waals surface area contributed by atoms with Gasteiger partial charge in [0.25, 0.3) is 11.4 Å². The first-order valence-electron chi connectivity index (χ1n) is 10.1. The van der Waals surface area contributed by atoms with Crippen LogP contribution in [-0.2, 0) is 0 Å². The topological polar surface area (TPSA) is 119 Å². The van der Waals surface area contributed by atoms with Gasteiger partial charge in [0.05, 0.1) is 19.1 Å². The first-order chi connectivity index (χ1) is 16.7. The van der Waals surface area contributed by atoms with Gasteiger partial charge in [-0.2, -0.15) is 0 Å². The van der Waals surface area contributed by atoms with Gasteiger partial charge in [-0.3, -0.25) is 25.2 Å². The van der Waals surface area contributed by atoms with Gasteiger partial charge in [0, 0.05) is 50.7 Å². The Morgan fingerprint density at radius 2 is 1.29 bits per heavy atom. The van der Waals surface area contributed by atoms with E-state index in [1.807, 2.05) is 28.7 Å². The van der Waals surface area contributed by atoms with Crippen LogP contribution in [-0.4, -0.2) is 21.2 Å². The number of benzene rings is 4. The Bertz CT molecular complexity index is 1430. The van der Waals surface area contributed by atoms with Crippen molar-refractivity contribution >= 4 is 68.5 Å². The van der Waals surface area contributed by atoms with Crippen molar-refractivity contribution < 1.29 is 15.0 Å². The van der Waals surface area contributed by atoms with Crippen molar-refractivity contribution in [3.05, 3.63) is 112 Å². The normalized spacial score (nSPS) is 11.0. The van der Waals surface area contributed by atoms with Crippen LogP contribution in [0.4, 0.5) is 17.1 Å². The number of non-ortho nitro benzene ring substituents is 2. The third-order valence-electron chi connectivity index (χ3n) is 5.16. The van der Waals surface area contributed by atoms with E-state index in [0.717, 1.165) is 3.57 Å². The molecule has 4 aromatic rings. The highest BCUT2D eigenvalue weighted by atomic mass is 127. The molecule has 0 atom stereocenters. The summed E-state index contributed by atoms with van der Waals surface area (Å²) in [6.07, 6.45) is 1.52. The molecule has 0 aliphatic carbocycles. The first kappa shape index (κ1) is 24.7. The number of nitro benzene ring substituents is 2. The maximum Gasteiger partial charge on any atom is 0.270 e. The lowest BCUT2D eigenvalue weighted by molar-refractivity contribution is -0.385. The van der Waals surface area contributed by atoms with Crippen LogP contribution >= 0.6 is 45.2 Å². The standard InChI is InChI=1S/C25H15I2N3O5/c26-18-10-17(25(31)23(27)13-18)14-28-24-21(15-4-1-6-19(11-15)29(32)33)8-3-9-22(24)16-5-2-7-20(12-16)30(34)35/h1-14,31H. The number of aromatic hydroxyl groups is 1. The minimum atomic E-state index is -0.470. The lowest BCUT2D eigenvalue weighted by Crippen LogP contribution is -1.92. The van der Waals surface area contributed by atoms with E-state index in [4.69, 9.17) is 0 Å². The summed E-state index contributed by atoms with van der Waals surface area (Å²) in [5.41, 5.74) is 3.18. The molecule has 0 aromatic heterocycles. The molecule has 174 valence electrons. The molecule has 10 heteroatoms. The predicted molar refractivity (Wildman–Crippen MR) is 151 cm³/mol. The molecule has 0 radical (unpaired) electrons. The lowest BCUT2D eigenvalue weighted by Gasteiger charge is -2.12. The Morgan fingerprint density at radius 1 is 0.771 bits per heavy atom. The molecular weight excluding hydrogens is 676 g/mol. The van der Waals surface area contributed by atoms with Crippen molar-refractivity contribution in [2.45, 2.75) is 0 Å². The number of hydrogen-bond acceptors (Lipinski definition) is 6. The lowest BCUT2D eigenvalue weighted by atomic mass is 9.95. The fourth-order valence-corrected chi connectivity index (χ4v) is 5.43. The summed E-state index contributed by atoms with van der Waals surface area (Å²) >= 11 is 4.19. The number of rotatable bonds is 6. The summed E-state index contributed by atoms with van der Waals surface area (Å²) in [4.78, 5) is 26.5. The van der Waals surface area contributed by atoms with Gasteiger partial charge in [-0.1, -0.05) is 42.5 Å². The van der Waals surface area contributed by atoms with Gasteiger partial charge >= 0.3 is 0 Å². The maximum atomic E-state index is 11.4. The molecule has 0 unspecified atom stereocenters. The number of phenols is 1. The van der Waals surface area contributed by atoms with Crippen LogP contribution in [0, 0.1) is 27.4 Å². The molecule has 0 aliphatic rings. The predicted octanol–water partition coefficient (Wildman–Crippen LogP) is 7.50. The van der Waals surface area contributed by atoms with E-state index in [1.54, 1.807) is 48.5 Å². The molecule has 0 aliphatic heterocycles. The SMILES string of the molecule is O=[N+]([O-])c1cccc(-c2cccc(-c3cccc([N+](=O)[O-])c3)c2N=Cc2cc(I)cc(I)c2O)c1. The van der Waals surface area contributed by atoms with Gasteiger partial charge in [-0.15, -0.1) is 0 Å². The number of aliphatic imine (C=N–C) groups is 1. The Morgan fingerprint density at radius 3 is 1.80 bits per heavy atom. The van der Waals surface area contributed by atoms with Crippen molar-refractivity contribution in [2.75, 3.05) is 0 Å². The zero-order valence-electron chi connectivity index (χ0n) is 17.8. The zero-order chi connectivity index (χ0) is 25.1. The second-order valence-corrected chi connectivity index (χ2v) is 9.81. The van der Waals surface area contributed by atoms with Crippen LogP contribution in [0.15, 0.2) is 83.9 Å². The second kappa shape index (κ2) is 10.5. The third kappa shape index (κ3) is 5.48. The Labute approximate surface area is 226 Å². The van der Waals surface area contributed by atoms with Crippen LogP contribution in [0.3, 0.4) is 0 Å². The molecule has 0 fully saturated rings. The highest BCUT2D eigenvalue weighted by Crippen LogP contribution is 2.41. The second-order valence-electron chi connectivity index (χ2n) is 7.40. The number of halogens is 2. The highest BCUT2D eigenvalue weighted by Gasteiger charge is 2.16. The Kier molecular flexibility index (Phi) is 7.40. The summed E-state index contributed by atoms with van der Waals surface area (Å²) < 4.78 is 1.58. The van der Waals surface area contributed by atoms with Crippen molar-refractivity contribution in [1.82, 2.24) is 0 Å². The molecule has 0 heterocycles. The van der Waals surface area contributed by atoms with Crippen molar-refractivity contribution in [1.29, 1.82) is 0 Å². The molecule has 0 bridgehead atoms. The fourth-order valence-electron chi connectivity index (χ4n) is 3.54. The summed E-state index contributed by atoms with van der Waals surface area (Å²) in [5, 5.41) is 33.2. The molecule has 1 N–H and O–H groups in total. The van der Waals surface area contributed by atoms with Gasteiger partial charge in [0.15, 0.2) is 0 Å². The van der Waals surface area contributed by atoms with E-state index >= 15 is 0 Å². The molecule has 0 spiro atoms. The summed E-state index contributed by atoms with van der Waals surface area (Å²) in [7, 11) is 0. The number of nitro groups is 2. The summed E-state index contributed by atoms with van der Waals surface area (Å²) in [5.74, 6) is 0.0829. The third-order valence-corrected chi connectivity index (χ3v) is 6.61. The highest BCUT2D eigenvalue weighted by molar-refractivity contribution is 14.1. The summed E-state index contributed by atoms with van der Waals surface area (Å²) in [6.45, 7) is 0. The number of hydrogen-bond donors (Lipinski definition) is 1. The van der Waals surface area contributed by atoms with Crippen LogP contribution in [0.5, 0.6) is 5.75 Å². The fraction of sp³-hybridized carbons (Fsp3) is 0. The molecule has 0 saturated heterocycles. The van der Waals surface area contributed by atoms with Crippen LogP contribution in [0.2, 0.25) is 0 Å². The van der Waals surface area contributed by atoms with Crippen molar-refractivity contribution in [2.24, 2.45) is 4.99 Å². The van der Waals surface area contributed by atoms with Crippen LogP contribution in [0.1, 0.15) is 5.56 Å². The smallest absolute Gasteiger partial charge is 0.270 e. The van der Waals surface area contributed by atoms with Gasteiger partial charge < -0.3 is 5.11 Å². The monoisotopic (exact) mass is 691 g/mol. The van der Waals surface area contributed by atoms with Gasteiger partial charge in [-0.25, -0.2) is 0 Å². The molecule has 8 nitrogen and oxygen atoms in total. The van der Waals surface area contributed by atoms with E-state index < -0.39 is 9.85 Å². The van der Waals surface area contributed by atoms with Gasteiger partial charge in [0.1, 0.15) is 5.75 Å². The van der Waals surface area contributed by atoms with E-state index in [0.29, 0.717) is 37.1 Å². The summed E-state index contributed by atoms with van der Waals surface area (Å²) in [6, 6.07) is 21.3. The number of para-hydroxylation sites is 1. The average Bonchev–Trinajstić information content (AvgIpc) is 2.85. The minimum absolute atomic E-state index is 0.0667. The number of phenolic OH excluding ortho intramolecular Hbond substituents is 1. The van der Waals surface area contributed by atoms with Crippen molar-refractivity contribution in [3.8, 4) is 28.0 Å². The quantitative estimate of drug-likeness (QED) is 0.0973. The average molecular weight is 691 g/mol. The molecule has 0 saturated carbocycles. The Hall–Kier alpha value is -3.39. The number of nitrogens with zero attached hydrogens (tertiary/aromatic N) is 3. The molecular formula is C25H15I2N3O5. The van der Waals surface area contributed by atoms with Crippen LogP contribution in [0.25, 0.3) is 22.3 Å². The molecule has 35 heavy (non-hydrogen) atoms. The molecule has 4 aromatic carbocycles. The first-order valence-corrected chi connectivity index (χ1v) is 12.2. The zero-order valence-corrected chi connectivity index (χ0v) is 22.1. The minimum Gasteiger partial charge on any atom is -0.506 e. The van der Waals surface area contributed by atoms with E-state index in [9.17, 15) is 25.3 Å². The van der Waals surface area contributed by atoms with Gasteiger partial charge in [-0.05, 0) is 68.4 Å². The van der Waals surface area contributed by atoms with Crippen molar-refractivity contribution in [3.63, 3.8) is 0 Å². The molecule has 0 amide bonds. The maximum absolute atomic E-state index is 11.4. The van der Waals surface area contributed by atoms with Crippen LogP contribution < -0.4 is 0 Å².